The van der Waals surface area contributed by atoms with E-state index in [1.54, 1.807) is 0 Å². The Morgan fingerprint density at radius 3 is 2.50 bits per heavy atom. The first-order valence-corrected chi connectivity index (χ1v) is 8.30. The Kier molecular flexibility index (Phi) is 3.77. The number of nitrogens with one attached hydrogen (secondary N) is 1. The van der Waals surface area contributed by atoms with Crippen molar-refractivity contribution in [3.8, 4) is 11.3 Å². The number of nitrogens with zero attached hydrogens (tertiary/aromatic N) is 3. The average molecular weight is 294 g/mol. The Morgan fingerprint density at radius 2 is 1.82 bits per heavy atom. The molecule has 4 rings (SSSR count). The second-order valence-electron chi connectivity index (χ2n) is 6.19. The maximum Gasteiger partial charge on any atom is 0.132 e. The minimum Gasteiger partial charge on any atom is -0.366 e. The first-order chi connectivity index (χ1) is 10.9. The van der Waals surface area contributed by atoms with Crippen molar-refractivity contribution in [1.29, 1.82) is 0 Å². The van der Waals surface area contributed by atoms with Gasteiger partial charge in [-0.2, -0.15) is 0 Å². The van der Waals surface area contributed by atoms with E-state index in [9.17, 15) is 0 Å². The fourth-order valence-corrected chi connectivity index (χ4v) is 3.20. The zero-order valence-electron chi connectivity index (χ0n) is 12.8. The smallest absolute Gasteiger partial charge is 0.132 e. The standard InChI is InChI=1S/C18H22N4/c1-2-5-14(6-3-1)17-16(22-11-9-19-10-12-22)13-20-18(21-17)15-7-4-8-15/h1-3,5-6,13,15,19H,4,7-12H2. The molecule has 0 radical (unpaired) electrons. The summed E-state index contributed by atoms with van der Waals surface area (Å²) in [7, 11) is 0. The van der Waals surface area contributed by atoms with Crippen molar-refractivity contribution in [2.24, 2.45) is 0 Å². The van der Waals surface area contributed by atoms with Gasteiger partial charge in [-0.25, -0.2) is 9.97 Å². The summed E-state index contributed by atoms with van der Waals surface area (Å²) >= 11 is 0. The van der Waals surface area contributed by atoms with E-state index in [4.69, 9.17) is 4.98 Å². The molecule has 2 aromatic rings. The van der Waals surface area contributed by atoms with Gasteiger partial charge in [0.1, 0.15) is 5.82 Å². The second-order valence-corrected chi connectivity index (χ2v) is 6.19. The highest BCUT2D eigenvalue weighted by Crippen LogP contribution is 2.37. The van der Waals surface area contributed by atoms with Crippen LogP contribution in [0, 0.1) is 0 Å². The van der Waals surface area contributed by atoms with E-state index in [-0.39, 0.29) is 0 Å². The van der Waals surface area contributed by atoms with Crippen molar-refractivity contribution < 1.29 is 0 Å². The molecule has 1 N–H and O–H groups in total. The Balaban J connectivity index is 1.75. The minimum absolute atomic E-state index is 0.569. The zero-order valence-corrected chi connectivity index (χ0v) is 12.8. The summed E-state index contributed by atoms with van der Waals surface area (Å²) < 4.78 is 0. The molecule has 2 fully saturated rings. The molecule has 1 aromatic carbocycles. The van der Waals surface area contributed by atoms with Crippen molar-refractivity contribution in [1.82, 2.24) is 15.3 Å². The number of benzene rings is 1. The predicted octanol–water partition coefficient (Wildman–Crippen LogP) is 2.82. The van der Waals surface area contributed by atoms with Crippen LogP contribution in [0.25, 0.3) is 11.3 Å². The molecule has 1 saturated carbocycles. The third kappa shape index (κ3) is 2.59. The van der Waals surface area contributed by atoms with Crippen molar-refractivity contribution in [3.05, 3.63) is 42.4 Å². The average Bonchev–Trinajstić information content (AvgIpc) is 2.55. The quantitative estimate of drug-likeness (QED) is 0.945. The van der Waals surface area contributed by atoms with Gasteiger partial charge in [0.25, 0.3) is 0 Å². The highest BCUT2D eigenvalue weighted by atomic mass is 15.2. The summed E-state index contributed by atoms with van der Waals surface area (Å²) in [5.41, 5.74) is 3.47. The molecular weight excluding hydrogens is 272 g/mol. The summed E-state index contributed by atoms with van der Waals surface area (Å²) in [6.45, 7) is 4.09. The normalized spacial score (nSPS) is 19.0. The lowest BCUT2D eigenvalue weighted by Gasteiger charge is -2.31. The van der Waals surface area contributed by atoms with Crippen LogP contribution in [0.15, 0.2) is 36.5 Å². The number of piperazine rings is 1. The van der Waals surface area contributed by atoms with Crippen LogP contribution in [0.2, 0.25) is 0 Å². The number of hydrogen-bond acceptors (Lipinski definition) is 4. The van der Waals surface area contributed by atoms with Crippen molar-refractivity contribution in [2.75, 3.05) is 31.1 Å². The lowest BCUT2D eigenvalue weighted by molar-refractivity contribution is 0.401. The van der Waals surface area contributed by atoms with Crippen LogP contribution in [0.1, 0.15) is 31.0 Å². The van der Waals surface area contributed by atoms with Crippen LogP contribution < -0.4 is 10.2 Å². The highest BCUT2D eigenvalue weighted by Gasteiger charge is 2.25. The SMILES string of the molecule is c1ccc(-c2nc(C3CCC3)ncc2N2CCNCC2)cc1. The summed E-state index contributed by atoms with van der Waals surface area (Å²) in [5, 5.41) is 3.41. The van der Waals surface area contributed by atoms with Gasteiger partial charge < -0.3 is 10.2 Å². The molecule has 4 heteroatoms. The van der Waals surface area contributed by atoms with Crippen molar-refractivity contribution in [2.45, 2.75) is 25.2 Å². The summed E-state index contributed by atoms with van der Waals surface area (Å²) in [4.78, 5) is 12.1. The van der Waals surface area contributed by atoms with E-state index >= 15 is 0 Å². The van der Waals surface area contributed by atoms with E-state index in [1.807, 2.05) is 6.20 Å². The van der Waals surface area contributed by atoms with E-state index in [0.29, 0.717) is 5.92 Å². The van der Waals surface area contributed by atoms with E-state index in [2.05, 4.69) is 45.5 Å². The van der Waals surface area contributed by atoms with Gasteiger partial charge in [0, 0.05) is 37.7 Å². The van der Waals surface area contributed by atoms with Gasteiger partial charge in [-0.1, -0.05) is 36.8 Å². The lowest BCUT2D eigenvalue weighted by atomic mass is 9.85. The number of rotatable bonds is 3. The minimum atomic E-state index is 0.569. The van der Waals surface area contributed by atoms with Gasteiger partial charge in [-0.15, -0.1) is 0 Å². The van der Waals surface area contributed by atoms with Crippen molar-refractivity contribution >= 4 is 5.69 Å². The van der Waals surface area contributed by atoms with Gasteiger partial charge >= 0.3 is 0 Å². The molecule has 4 nitrogen and oxygen atoms in total. The molecule has 0 spiro atoms. The molecule has 22 heavy (non-hydrogen) atoms. The first-order valence-electron chi connectivity index (χ1n) is 8.30. The van der Waals surface area contributed by atoms with Gasteiger partial charge in [0.05, 0.1) is 17.6 Å². The molecule has 0 amide bonds. The number of anilines is 1. The fourth-order valence-electron chi connectivity index (χ4n) is 3.20. The Hall–Kier alpha value is -1.94. The second kappa shape index (κ2) is 6.05. The Morgan fingerprint density at radius 1 is 1.05 bits per heavy atom. The highest BCUT2D eigenvalue weighted by molar-refractivity contribution is 5.74. The van der Waals surface area contributed by atoms with Gasteiger partial charge in [0.15, 0.2) is 0 Å². The molecule has 0 atom stereocenters. The van der Waals surface area contributed by atoms with Crippen LogP contribution in [0.5, 0.6) is 0 Å². The van der Waals surface area contributed by atoms with E-state index < -0.39 is 0 Å². The van der Waals surface area contributed by atoms with Gasteiger partial charge in [0.2, 0.25) is 0 Å². The first kappa shape index (κ1) is 13.7. The summed E-state index contributed by atoms with van der Waals surface area (Å²) in [6, 6.07) is 10.5. The maximum atomic E-state index is 4.97. The van der Waals surface area contributed by atoms with Gasteiger partial charge in [-0.3, -0.25) is 0 Å². The van der Waals surface area contributed by atoms with Crippen LogP contribution in [0.3, 0.4) is 0 Å². The fraction of sp³-hybridized carbons (Fsp3) is 0.444. The monoisotopic (exact) mass is 294 g/mol. The number of hydrogen-bond donors (Lipinski definition) is 1. The maximum absolute atomic E-state index is 4.97. The molecule has 0 bridgehead atoms. The Labute approximate surface area is 131 Å². The molecule has 1 saturated heterocycles. The predicted molar refractivity (Wildman–Crippen MR) is 89.1 cm³/mol. The Bertz CT molecular complexity index is 631. The summed E-state index contributed by atoms with van der Waals surface area (Å²) in [6.07, 6.45) is 5.84. The molecule has 1 aliphatic heterocycles. The number of aromatic nitrogens is 2. The molecule has 0 unspecified atom stereocenters. The van der Waals surface area contributed by atoms with Gasteiger partial charge in [-0.05, 0) is 12.8 Å². The molecule has 2 aliphatic rings. The van der Waals surface area contributed by atoms with Crippen LogP contribution in [-0.4, -0.2) is 36.1 Å². The molecular formula is C18H22N4. The third-order valence-electron chi connectivity index (χ3n) is 4.76. The molecule has 1 aliphatic carbocycles. The molecule has 2 heterocycles. The molecule has 1 aromatic heterocycles. The summed E-state index contributed by atoms with van der Waals surface area (Å²) in [5.74, 6) is 1.60. The zero-order chi connectivity index (χ0) is 14.8. The van der Waals surface area contributed by atoms with Crippen LogP contribution in [0.4, 0.5) is 5.69 Å². The lowest BCUT2D eigenvalue weighted by Crippen LogP contribution is -2.43. The third-order valence-corrected chi connectivity index (χ3v) is 4.76. The molecule has 114 valence electrons. The van der Waals surface area contributed by atoms with Crippen LogP contribution >= 0.6 is 0 Å². The van der Waals surface area contributed by atoms with E-state index in [1.165, 1.54) is 30.5 Å². The van der Waals surface area contributed by atoms with Crippen molar-refractivity contribution in [3.63, 3.8) is 0 Å². The topological polar surface area (TPSA) is 41.1 Å². The van der Waals surface area contributed by atoms with Crippen LogP contribution in [-0.2, 0) is 0 Å². The largest absolute Gasteiger partial charge is 0.366 e. The van der Waals surface area contributed by atoms with E-state index in [0.717, 1.165) is 37.7 Å².